The van der Waals surface area contributed by atoms with E-state index < -0.39 is 17.8 Å². The van der Waals surface area contributed by atoms with E-state index in [1.165, 1.54) is 0 Å². The summed E-state index contributed by atoms with van der Waals surface area (Å²) in [6, 6.07) is 15.3. The van der Waals surface area contributed by atoms with Crippen LogP contribution in [0.4, 0.5) is 11.4 Å². The van der Waals surface area contributed by atoms with Crippen molar-refractivity contribution in [2.75, 3.05) is 17.7 Å². The predicted molar refractivity (Wildman–Crippen MR) is 98.2 cm³/mol. The lowest BCUT2D eigenvalue weighted by Crippen LogP contribution is -2.36. The second kappa shape index (κ2) is 6.97. The van der Waals surface area contributed by atoms with Gasteiger partial charge in [-0.15, -0.1) is 0 Å². The minimum Gasteiger partial charge on any atom is -0.481 e. The third kappa shape index (κ3) is 3.50. The summed E-state index contributed by atoms with van der Waals surface area (Å²) in [7, 11) is 1.71. The first-order valence-electron chi connectivity index (χ1n) is 8.43. The van der Waals surface area contributed by atoms with Gasteiger partial charge in [0.25, 0.3) is 0 Å². The van der Waals surface area contributed by atoms with Gasteiger partial charge in [0.05, 0.1) is 11.8 Å². The molecule has 1 fully saturated rings. The van der Waals surface area contributed by atoms with Gasteiger partial charge in [0.2, 0.25) is 5.91 Å². The molecule has 2 aromatic carbocycles. The molecule has 130 valence electrons. The lowest BCUT2D eigenvalue weighted by Gasteiger charge is -2.23. The number of benzene rings is 2. The molecule has 5 heteroatoms. The molecule has 3 rings (SSSR count). The van der Waals surface area contributed by atoms with Crippen molar-refractivity contribution in [2.24, 2.45) is 11.8 Å². The van der Waals surface area contributed by atoms with Crippen LogP contribution in [0.5, 0.6) is 0 Å². The Balaban J connectivity index is 1.76. The molecule has 1 aliphatic carbocycles. The standard InChI is InChI=1S/C20H22N2O3/c1-22(19(23)17-3-2-4-18(17)20(24)25)16-11-7-14(8-12-16)13-5-9-15(21)10-6-13/h5-12,17-18H,2-4,21H2,1H3,(H,24,25)/t17-,18-/m0/s1. The molecular formula is C20H22N2O3. The maximum absolute atomic E-state index is 12.7. The van der Waals surface area contributed by atoms with Crippen molar-refractivity contribution in [3.8, 4) is 11.1 Å². The van der Waals surface area contributed by atoms with E-state index >= 15 is 0 Å². The number of carboxylic acid groups (broad SMARTS) is 1. The summed E-state index contributed by atoms with van der Waals surface area (Å²) in [4.78, 5) is 25.6. The highest BCUT2D eigenvalue weighted by Gasteiger charge is 2.39. The number of carbonyl (C=O) groups is 2. The van der Waals surface area contributed by atoms with Crippen LogP contribution in [0.15, 0.2) is 48.5 Å². The molecule has 0 spiro atoms. The van der Waals surface area contributed by atoms with Crippen LogP contribution in [-0.2, 0) is 9.59 Å². The van der Waals surface area contributed by atoms with Gasteiger partial charge in [0, 0.05) is 18.4 Å². The van der Waals surface area contributed by atoms with E-state index in [9.17, 15) is 14.7 Å². The summed E-state index contributed by atoms with van der Waals surface area (Å²) in [6.45, 7) is 0. The van der Waals surface area contributed by atoms with Gasteiger partial charge in [0.15, 0.2) is 0 Å². The fourth-order valence-corrected chi connectivity index (χ4v) is 3.48. The average Bonchev–Trinajstić information content (AvgIpc) is 3.11. The molecule has 0 aliphatic heterocycles. The highest BCUT2D eigenvalue weighted by atomic mass is 16.4. The molecule has 0 bridgehead atoms. The molecule has 0 unspecified atom stereocenters. The Morgan fingerprint density at radius 1 is 0.960 bits per heavy atom. The van der Waals surface area contributed by atoms with Crippen LogP contribution in [0, 0.1) is 11.8 Å². The summed E-state index contributed by atoms with van der Waals surface area (Å²) in [5.74, 6) is -1.99. The number of hydrogen-bond donors (Lipinski definition) is 2. The lowest BCUT2D eigenvalue weighted by atomic mass is 9.94. The number of carboxylic acids is 1. The summed E-state index contributed by atoms with van der Waals surface area (Å²) in [6.07, 6.45) is 2.01. The molecule has 1 aliphatic rings. The number of amides is 1. The molecule has 1 saturated carbocycles. The van der Waals surface area contributed by atoms with Gasteiger partial charge in [-0.3, -0.25) is 9.59 Å². The van der Waals surface area contributed by atoms with Crippen LogP contribution in [0.25, 0.3) is 11.1 Å². The monoisotopic (exact) mass is 338 g/mol. The Morgan fingerprint density at radius 2 is 1.48 bits per heavy atom. The van der Waals surface area contributed by atoms with Crippen LogP contribution < -0.4 is 10.6 Å². The van der Waals surface area contributed by atoms with Crippen LogP contribution in [0.2, 0.25) is 0 Å². The highest BCUT2D eigenvalue weighted by molar-refractivity contribution is 5.97. The Hall–Kier alpha value is -2.82. The van der Waals surface area contributed by atoms with E-state index in [2.05, 4.69) is 0 Å². The van der Waals surface area contributed by atoms with Crippen molar-refractivity contribution in [3.05, 3.63) is 48.5 Å². The van der Waals surface area contributed by atoms with Crippen LogP contribution in [0.3, 0.4) is 0 Å². The van der Waals surface area contributed by atoms with Gasteiger partial charge in [-0.05, 0) is 48.2 Å². The van der Waals surface area contributed by atoms with Crippen LogP contribution in [0.1, 0.15) is 19.3 Å². The number of nitrogens with two attached hydrogens (primary N) is 1. The highest BCUT2D eigenvalue weighted by Crippen LogP contribution is 2.34. The second-order valence-corrected chi connectivity index (χ2v) is 6.55. The van der Waals surface area contributed by atoms with Crippen molar-refractivity contribution in [1.29, 1.82) is 0 Å². The normalized spacial score (nSPS) is 19.6. The van der Waals surface area contributed by atoms with E-state index in [-0.39, 0.29) is 5.91 Å². The fourth-order valence-electron chi connectivity index (χ4n) is 3.48. The zero-order valence-corrected chi connectivity index (χ0v) is 14.2. The molecule has 5 nitrogen and oxygen atoms in total. The van der Waals surface area contributed by atoms with E-state index in [1.807, 2.05) is 48.5 Å². The number of nitrogen functional groups attached to an aromatic ring is 1. The molecule has 1 amide bonds. The van der Waals surface area contributed by atoms with Gasteiger partial charge in [-0.1, -0.05) is 30.7 Å². The smallest absolute Gasteiger partial charge is 0.307 e. The molecule has 0 heterocycles. The minimum absolute atomic E-state index is 0.120. The first-order valence-corrected chi connectivity index (χ1v) is 8.43. The summed E-state index contributed by atoms with van der Waals surface area (Å²) in [5, 5.41) is 9.29. The van der Waals surface area contributed by atoms with Gasteiger partial charge >= 0.3 is 5.97 Å². The molecule has 2 aromatic rings. The largest absolute Gasteiger partial charge is 0.481 e. The predicted octanol–water partition coefficient (Wildman–Crippen LogP) is 3.40. The number of nitrogens with zero attached hydrogens (tertiary/aromatic N) is 1. The summed E-state index contributed by atoms with van der Waals surface area (Å²) >= 11 is 0. The molecule has 0 saturated heterocycles. The number of carbonyl (C=O) groups excluding carboxylic acids is 1. The van der Waals surface area contributed by atoms with E-state index in [4.69, 9.17) is 5.73 Å². The van der Waals surface area contributed by atoms with E-state index in [1.54, 1.807) is 11.9 Å². The van der Waals surface area contributed by atoms with Crippen molar-refractivity contribution in [1.82, 2.24) is 0 Å². The summed E-state index contributed by atoms with van der Waals surface area (Å²) < 4.78 is 0. The van der Waals surface area contributed by atoms with Crippen LogP contribution >= 0.6 is 0 Å². The SMILES string of the molecule is CN(C(=O)[C@H]1CCC[C@@H]1C(=O)O)c1ccc(-c2ccc(N)cc2)cc1. The van der Waals surface area contributed by atoms with Gasteiger partial charge in [-0.2, -0.15) is 0 Å². The lowest BCUT2D eigenvalue weighted by molar-refractivity contribution is -0.145. The van der Waals surface area contributed by atoms with Crippen LogP contribution in [-0.4, -0.2) is 24.0 Å². The first-order chi connectivity index (χ1) is 12.0. The fraction of sp³-hybridized carbons (Fsp3) is 0.300. The third-order valence-corrected chi connectivity index (χ3v) is 4.98. The molecule has 0 radical (unpaired) electrons. The average molecular weight is 338 g/mol. The summed E-state index contributed by atoms with van der Waals surface area (Å²) in [5.41, 5.74) is 9.28. The number of anilines is 2. The van der Waals surface area contributed by atoms with Crippen molar-refractivity contribution in [3.63, 3.8) is 0 Å². The van der Waals surface area contributed by atoms with E-state index in [0.717, 1.165) is 28.9 Å². The van der Waals surface area contributed by atoms with Gasteiger partial charge in [-0.25, -0.2) is 0 Å². The van der Waals surface area contributed by atoms with E-state index in [0.29, 0.717) is 12.8 Å². The van der Waals surface area contributed by atoms with Gasteiger partial charge < -0.3 is 15.7 Å². The first kappa shape index (κ1) is 17.0. The molecule has 25 heavy (non-hydrogen) atoms. The Bertz CT molecular complexity index is 769. The third-order valence-electron chi connectivity index (χ3n) is 4.98. The Labute approximate surface area is 147 Å². The van der Waals surface area contributed by atoms with Crippen molar-refractivity contribution in [2.45, 2.75) is 19.3 Å². The molecule has 0 aromatic heterocycles. The zero-order valence-electron chi connectivity index (χ0n) is 14.2. The number of aliphatic carboxylic acids is 1. The molecule has 3 N–H and O–H groups in total. The quantitative estimate of drug-likeness (QED) is 0.837. The zero-order chi connectivity index (χ0) is 18.0. The maximum Gasteiger partial charge on any atom is 0.307 e. The second-order valence-electron chi connectivity index (χ2n) is 6.55. The number of hydrogen-bond acceptors (Lipinski definition) is 3. The minimum atomic E-state index is -0.872. The van der Waals surface area contributed by atoms with Gasteiger partial charge in [0.1, 0.15) is 0 Å². The number of rotatable bonds is 4. The topological polar surface area (TPSA) is 83.6 Å². The maximum atomic E-state index is 12.7. The molecular weight excluding hydrogens is 316 g/mol. The molecule has 2 atom stereocenters. The van der Waals surface area contributed by atoms with Crippen molar-refractivity contribution < 1.29 is 14.7 Å². The van der Waals surface area contributed by atoms with Crippen molar-refractivity contribution >= 4 is 23.3 Å². The Morgan fingerprint density at radius 3 is 2.04 bits per heavy atom. The Kier molecular flexibility index (Phi) is 4.74.